The van der Waals surface area contributed by atoms with Gasteiger partial charge in [-0.25, -0.2) is 12.8 Å². The minimum atomic E-state index is -4.24. The van der Waals surface area contributed by atoms with E-state index in [0.29, 0.717) is 12.1 Å². The zero-order chi connectivity index (χ0) is 28.7. The maximum Gasteiger partial charge on any atom is 0.264 e. The van der Waals surface area contributed by atoms with Crippen LogP contribution in [0.1, 0.15) is 50.2 Å². The van der Waals surface area contributed by atoms with Crippen molar-refractivity contribution in [1.82, 2.24) is 10.2 Å². The zero-order valence-electron chi connectivity index (χ0n) is 22.9. The molecule has 7 nitrogen and oxygen atoms in total. The van der Waals surface area contributed by atoms with Gasteiger partial charge in [0.25, 0.3) is 10.0 Å². The Morgan fingerprint density at radius 3 is 2.17 bits per heavy atom. The van der Waals surface area contributed by atoms with Crippen LogP contribution in [0.3, 0.4) is 0 Å². The second-order valence-corrected chi connectivity index (χ2v) is 12.1. The zero-order valence-corrected chi connectivity index (χ0v) is 23.7. The molecule has 4 rings (SSSR count). The molecule has 3 aromatic carbocycles. The molecule has 1 saturated carbocycles. The Labute approximate surface area is 236 Å². The van der Waals surface area contributed by atoms with Gasteiger partial charge in [-0.1, -0.05) is 67.8 Å². The Kier molecular flexibility index (Phi) is 9.58. The number of rotatable bonds is 11. The van der Waals surface area contributed by atoms with Crippen LogP contribution in [0.4, 0.5) is 10.1 Å². The number of hydrogen-bond acceptors (Lipinski definition) is 4. The first-order valence-corrected chi connectivity index (χ1v) is 15.1. The van der Waals surface area contributed by atoms with Gasteiger partial charge in [0.05, 0.1) is 10.6 Å². The molecule has 0 radical (unpaired) electrons. The molecule has 0 unspecified atom stereocenters. The maximum absolute atomic E-state index is 14.1. The molecule has 0 saturated heterocycles. The van der Waals surface area contributed by atoms with Crippen molar-refractivity contribution in [1.29, 1.82) is 0 Å². The molecule has 9 heteroatoms. The molecule has 0 bridgehead atoms. The van der Waals surface area contributed by atoms with E-state index in [2.05, 4.69) is 5.32 Å². The highest BCUT2D eigenvalue weighted by Crippen LogP contribution is 2.26. The number of carbonyl (C=O) groups is 2. The molecule has 212 valence electrons. The van der Waals surface area contributed by atoms with Crippen LogP contribution in [0.25, 0.3) is 0 Å². The molecule has 0 aliphatic heterocycles. The first kappa shape index (κ1) is 29.3. The minimum absolute atomic E-state index is 0.0816. The lowest BCUT2D eigenvalue weighted by Crippen LogP contribution is -2.53. The minimum Gasteiger partial charge on any atom is -0.352 e. The summed E-state index contributed by atoms with van der Waals surface area (Å²) in [5, 5.41) is 3.10. The monoisotopic (exact) mass is 565 g/mol. The van der Waals surface area contributed by atoms with E-state index in [9.17, 15) is 22.4 Å². The molecular formula is C31H36FN3O4S. The number of benzene rings is 3. The highest BCUT2D eigenvalue weighted by atomic mass is 32.2. The molecule has 2 amide bonds. The van der Waals surface area contributed by atoms with Gasteiger partial charge in [-0.15, -0.1) is 0 Å². The first-order chi connectivity index (χ1) is 19.2. The normalized spacial score (nSPS) is 14.5. The van der Waals surface area contributed by atoms with Gasteiger partial charge in [-0.3, -0.25) is 13.9 Å². The predicted molar refractivity (Wildman–Crippen MR) is 154 cm³/mol. The lowest BCUT2D eigenvalue weighted by molar-refractivity contribution is -0.140. The van der Waals surface area contributed by atoms with E-state index in [-0.39, 0.29) is 23.4 Å². The lowest BCUT2D eigenvalue weighted by atomic mass is 10.1. The summed E-state index contributed by atoms with van der Waals surface area (Å²) in [5.41, 5.74) is 2.05. The van der Waals surface area contributed by atoms with Crippen molar-refractivity contribution in [2.24, 2.45) is 0 Å². The van der Waals surface area contributed by atoms with Crippen molar-refractivity contribution in [3.63, 3.8) is 0 Å². The number of carbonyl (C=O) groups excluding carboxylic acids is 2. The molecule has 1 aliphatic carbocycles. The first-order valence-electron chi connectivity index (χ1n) is 13.7. The predicted octanol–water partition coefficient (Wildman–Crippen LogP) is 5.20. The molecule has 0 spiro atoms. The van der Waals surface area contributed by atoms with Crippen LogP contribution >= 0.6 is 0 Å². The quantitative estimate of drug-likeness (QED) is 0.347. The van der Waals surface area contributed by atoms with Crippen molar-refractivity contribution >= 4 is 27.5 Å². The summed E-state index contributed by atoms with van der Waals surface area (Å²) >= 11 is 0. The summed E-state index contributed by atoms with van der Waals surface area (Å²) in [6, 6.07) is 19.9. The number of anilines is 1. The Balaban J connectivity index is 1.69. The lowest BCUT2D eigenvalue weighted by Gasteiger charge is -2.33. The largest absolute Gasteiger partial charge is 0.352 e. The number of nitrogens with one attached hydrogen (secondary N) is 1. The van der Waals surface area contributed by atoms with Gasteiger partial charge in [0.15, 0.2) is 0 Å². The van der Waals surface area contributed by atoms with Crippen LogP contribution < -0.4 is 9.62 Å². The van der Waals surface area contributed by atoms with E-state index in [1.165, 1.54) is 17.0 Å². The Hall–Kier alpha value is -3.72. The average Bonchev–Trinajstić information content (AvgIpc) is 3.46. The molecule has 1 atom stereocenters. The molecule has 0 aromatic heterocycles. The van der Waals surface area contributed by atoms with Crippen molar-refractivity contribution in [3.05, 3.63) is 95.8 Å². The Morgan fingerprint density at radius 1 is 0.950 bits per heavy atom. The molecule has 1 aliphatic rings. The van der Waals surface area contributed by atoms with Crippen LogP contribution in [-0.4, -0.2) is 43.8 Å². The molecular weight excluding hydrogens is 529 g/mol. The fourth-order valence-corrected chi connectivity index (χ4v) is 6.45. The van der Waals surface area contributed by atoms with E-state index in [4.69, 9.17) is 0 Å². The third-order valence-corrected chi connectivity index (χ3v) is 9.07. The number of hydrogen-bond donors (Lipinski definition) is 1. The fourth-order valence-electron chi connectivity index (χ4n) is 5.04. The summed E-state index contributed by atoms with van der Waals surface area (Å²) in [6.07, 6.45) is 4.30. The third-order valence-electron chi connectivity index (χ3n) is 7.29. The van der Waals surface area contributed by atoms with E-state index >= 15 is 0 Å². The Morgan fingerprint density at radius 2 is 1.57 bits per heavy atom. The van der Waals surface area contributed by atoms with Crippen LogP contribution in [-0.2, 0) is 26.2 Å². The van der Waals surface area contributed by atoms with E-state index < -0.39 is 34.3 Å². The summed E-state index contributed by atoms with van der Waals surface area (Å²) in [4.78, 5) is 28.8. The second kappa shape index (κ2) is 13.1. The highest BCUT2D eigenvalue weighted by Gasteiger charge is 2.34. The highest BCUT2D eigenvalue weighted by molar-refractivity contribution is 7.92. The maximum atomic E-state index is 14.1. The fraction of sp³-hybridized carbons (Fsp3) is 0.355. The van der Waals surface area contributed by atoms with Gasteiger partial charge in [0.1, 0.15) is 18.4 Å². The summed E-state index contributed by atoms with van der Waals surface area (Å²) in [6.45, 7) is 3.35. The van der Waals surface area contributed by atoms with Crippen molar-refractivity contribution in [3.8, 4) is 0 Å². The summed E-state index contributed by atoms with van der Waals surface area (Å²) in [7, 11) is -4.24. The van der Waals surface area contributed by atoms with E-state index in [1.807, 2.05) is 44.2 Å². The van der Waals surface area contributed by atoms with Gasteiger partial charge in [-0.05, 0) is 68.1 Å². The molecule has 0 heterocycles. The van der Waals surface area contributed by atoms with Crippen LogP contribution in [0.2, 0.25) is 0 Å². The topological polar surface area (TPSA) is 86.8 Å². The Bertz CT molecular complexity index is 1390. The van der Waals surface area contributed by atoms with Crippen molar-refractivity contribution in [2.75, 3.05) is 10.8 Å². The van der Waals surface area contributed by atoms with E-state index in [0.717, 1.165) is 53.2 Å². The summed E-state index contributed by atoms with van der Waals surface area (Å²) < 4.78 is 42.2. The van der Waals surface area contributed by atoms with Gasteiger partial charge in [0.2, 0.25) is 11.8 Å². The molecule has 1 N–H and O–H groups in total. The van der Waals surface area contributed by atoms with Gasteiger partial charge in [-0.2, -0.15) is 0 Å². The second-order valence-electron chi connectivity index (χ2n) is 10.2. The van der Waals surface area contributed by atoms with Gasteiger partial charge in [0, 0.05) is 12.6 Å². The van der Waals surface area contributed by atoms with Crippen molar-refractivity contribution < 1.29 is 22.4 Å². The van der Waals surface area contributed by atoms with Gasteiger partial charge < -0.3 is 10.2 Å². The SMILES string of the molecule is CC[C@H](C(=O)NC1CCCC1)N(Cc1ccccc1)C(=O)CN(c1ccc(C)cc1)S(=O)(=O)c1ccc(F)cc1. The number of sulfonamides is 1. The van der Waals surface area contributed by atoms with Gasteiger partial charge >= 0.3 is 0 Å². The summed E-state index contributed by atoms with van der Waals surface area (Å²) in [5.74, 6) is -1.31. The van der Waals surface area contributed by atoms with Crippen molar-refractivity contribution in [2.45, 2.75) is 69.5 Å². The number of nitrogens with zero attached hydrogens (tertiary/aromatic N) is 2. The van der Waals surface area contributed by atoms with E-state index in [1.54, 1.807) is 24.3 Å². The number of amides is 2. The van der Waals surface area contributed by atoms with Crippen LogP contribution in [0.15, 0.2) is 83.8 Å². The van der Waals surface area contributed by atoms with Crippen LogP contribution in [0.5, 0.6) is 0 Å². The smallest absolute Gasteiger partial charge is 0.264 e. The average molecular weight is 566 g/mol. The number of halogens is 1. The third kappa shape index (κ3) is 7.07. The van der Waals surface area contributed by atoms with Crippen LogP contribution in [0, 0.1) is 12.7 Å². The number of aryl methyl sites for hydroxylation is 1. The standard InChI is InChI=1S/C31H36FN3O4S/c1-3-29(31(37)33-26-11-7-8-12-26)34(21-24-9-5-4-6-10-24)30(36)22-35(27-17-13-23(2)14-18-27)40(38,39)28-19-15-25(32)16-20-28/h4-6,9-10,13-20,26,29H,3,7-8,11-12,21-22H2,1-2H3,(H,33,37)/t29-/m1/s1. The molecule has 1 fully saturated rings. The molecule has 3 aromatic rings. The molecule has 40 heavy (non-hydrogen) atoms.